The molecule has 0 fully saturated rings. The second-order valence-electron chi connectivity index (χ2n) is 3.92. The molecule has 4 nitrogen and oxygen atoms in total. The van der Waals surface area contributed by atoms with E-state index in [9.17, 15) is 13.2 Å². The molecule has 0 radical (unpaired) electrons. The maximum absolute atomic E-state index is 12.1. The molecule has 21 heavy (non-hydrogen) atoms. The third kappa shape index (κ3) is 3.68. The lowest BCUT2D eigenvalue weighted by Gasteiger charge is -2.11. The van der Waals surface area contributed by atoms with Gasteiger partial charge >= 0.3 is 10.1 Å². The minimum atomic E-state index is -4.14. The van der Waals surface area contributed by atoms with Crippen LogP contribution in [0.25, 0.3) is 0 Å². The molecule has 8 heteroatoms. The zero-order valence-corrected chi connectivity index (χ0v) is 13.3. The van der Waals surface area contributed by atoms with E-state index >= 15 is 0 Å². The number of carbonyl (C=O) groups is 1. The second-order valence-corrected chi connectivity index (χ2v) is 6.74. The molecule has 0 aromatic heterocycles. The van der Waals surface area contributed by atoms with E-state index in [2.05, 4.69) is 0 Å². The van der Waals surface area contributed by atoms with Crippen LogP contribution in [0.5, 0.6) is 5.75 Å². The fourth-order valence-corrected chi connectivity index (χ4v) is 3.21. The molecule has 0 spiro atoms. The average molecular weight is 366 g/mol. The molecule has 2 rings (SSSR count). The summed E-state index contributed by atoms with van der Waals surface area (Å²) in [5.74, 6) is -0.272. The predicted molar refractivity (Wildman–Crippen MR) is 81.1 cm³/mol. The van der Waals surface area contributed by atoms with Crippen molar-refractivity contribution < 1.29 is 17.4 Å². The summed E-state index contributed by atoms with van der Waals surface area (Å²) in [7, 11) is -4.14. The number of hydrogen-bond donors (Lipinski definition) is 0. The molecule has 0 aliphatic heterocycles. The van der Waals surface area contributed by atoms with E-state index in [1.165, 1.54) is 36.4 Å². The van der Waals surface area contributed by atoms with Crippen molar-refractivity contribution in [2.45, 2.75) is 4.90 Å². The first kappa shape index (κ1) is 16.1. The highest BCUT2D eigenvalue weighted by Crippen LogP contribution is 2.33. The Kier molecular flexibility index (Phi) is 4.78. The summed E-state index contributed by atoms with van der Waals surface area (Å²) in [4.78, 5) is 10.9. The number of halogens is 3. The van der Waals surface area contributed by atoms with E-state index in [1.807, 2.05) is 0 Å². The van der Waals surface area contributed by atoms with Crippen LogP contribution in [-0.4, -0.2) is 14.7 Å². The van der Waals surface area contributed by atoms with Gasteiger partial charge in [-0.15, -0.1) is 0 Å². The monoisotopic (exact) mass is 364 g/mol. The van der Waals surface area contributed by atoms with Gasteiger partial charge in [0.05, 0.1) is 10.6 Å². The van der Waals surface area contributed by atoms with Gasteiger partial charge in [-0.1, -0.05) is 34.8 Å². The summed E-state index contributed by atoms with van der Waals surface area (Å²) in [6.07, 6.45) is 0.407. The molecular formula is C13H7Cl3O4S. The van der Waals surface area contributed by atoms with Crippen LogP contribution in [0.15, 0.2) is 41.3 Å². The number of benzene rings is 2. The molecule has 0 heterocycles. The van der Waals surface area contributed by atoms with Gasteiger partial charge in [0.25, 0.3) is 0 Å². The van der Waals surface area contributed by atoms with Crippen molar-refractivity contribution in [2.24, 2.45) is 0 Å². The van der Waals surface area contributed by atoms with Crippen LogP contribution in [-0.2, 0) is 10.1 Å². The molecule has 0 aliphatic carbocycles. The molecule has 110 valence electrons. The van der Waals surface area contributed by atoms with Gasteiger partial charge in [0.2, 0.25) is 0 Å². The Morgan fingerprint density at radius 3 is 2.14 bits per heavy atom. The van der Waals surface area contributed by atoms with Crippen LogP contribution in [0.2, 0.25) is 15.1 Å². The zero-order chi connectivity index (χ0) is 15.6. The first-order chi connectivity index (χ1) is 9.83. The molecule has 0 N–H and O–H groups in total. The number of hydrogen-bond acceptors (Lipinski definition) is 4. The minimum Gasteiger partial charge on any atom is -0.377 e. The van der Waals surface area contributed by atoms with Crippen LogP contribution in [0.1, 0.15) is 10.4 Å². The lowest BCUT2D eigenvalue weighted by molar-refractivity contribution is 0.112. The van der Waals surface area contributed by atoms with Crippen LogP contribution in [0.3, 0.4) is 0 Å². The molecule has 2 aromatic carbocycles. The lowest BCUT2D eigenvalue weighted by Crippen LogP contribution is -2.11. The number of carbonyl (C=O) groups excluding carboxylic acids is 1. The normalized spacial score (nSPS) is 11.2. The van der Waals surface area contributed by atoms with Crippen LogP contribution in [0.4, 0.5) is 0 Å². The van der Waals surface area contributed by atoms with Crippen LogP contribution in [0, 0.1) is 0 Å². The maximum atomic E-state index is 12.1. The quantitative estimate of drug-likeness (QED) is 0.601. The number of rotatable bonds is 4. The highest BCUT2D eigenvalue weighted by atomic mass is 35.5. The Balaban J connectivity index is 2.46. The summed E-state index contributed by atoms with van der Waals surface area (Å²) < 4.78 is 29.2. The second kappa shape index (κ2) is 6.23. The highest BCUT2D eigenvalue weighted by molar-refractivity contribution is 7.87. The predicted octanol–water partition coefficient (Wildman–Crippen LogP) is 4.23. The Morgan fingerprint density at radius 2 is 1.57 bits per heavy atom. The van der Waals surface area contributed by atoms with Crippen molar-refractivity contribution in [3.63, 3.8) is 0 Å². The van der Waals surface area contributed by atoms with Crippen molar-refractivity contribution in [3.8, 4) is 5.75 Å². The van der Waals surface area contributed by atoms with Crippen LogP contribution >= 0.6 is 34.8 Å². The molecular weight excluding hydrogens is 359 g/mol. The van der Waals surface area contributed by atoms with Crippen LogP contribution < -0.4 is 4.18 Å². The lowest BCUT2D eigenvalue weighted by atomic mass is 10.2. The standard InChI is InChI=1S/C13H7Cl3O4S/c14-9-1-3-11(4-2-9)21(18,19)20-13-8(7-17)5-10(15)6-12(13)16/h1-7H. The van der Waals surface area contributed by atoms with E-state index in [1.54, 1.807) is 0 Å². The highest BCUT2D eigenvalue weighted by Gasteiger charge is 2.21. The van der Waals surface area contributed by atoms with Crippen molar-refractivity contribution in [1.82, 2.24) is 0 Å². The maximum Gasteiger partial charge on any atom is 0.339 e. The largest absolute Gasteiger partial charge is 0.377 e. The first-order valence-electron chi connectivity index (χ1n) is 5.48. The smallest absolute Gasteiger partial charge is 0.339 e. The fourth-order valence-electron chi connectivity index (χ4n) is 1.51. The first-order valence-corrected chi connectivity index (χ1v) is 8.02. The van der Waals surface area contributed by atoms with Gasteiger partial charge in [0.15, 0.2) is 12.0 Å². The summed E-state index contributed by atoms with van der Waals surface area (Å²) in [6, 6.07) is 7.91. The summed E-state index contributed by atoms with van der Waals surface area (Å²) in [5, 5.41) is 0.493. The van der Waals surface area contributed by atoms with Crippen molar-refractivity contribution in [2.75, 3.05) is 0 Å². The summed E-state index contributed by atoms with van der Waals surface area (Å²) >= 11 is 17.3. The van der Waals surface area contributed by atoms with Gasteiger partial charge in [-0.2, -0.15) is 8.42 Å². The van der Waals surface area contributed by atoms with E-state index in [0.717, 1.165) is 0 Å². The van der Waals surface area contributed by atoms with E-state index in [4.69, 9.17) is 39.0 Å². The number of aldehydes is 1. The van der Waals surface area contributed by atoms with Gasteiger partial charge < -0.3 is 4.18 Å². The molecule has 0 aliphatic rings. The third-order valence-corrected chi connectivity index (χ3v) is 4.45. The van der Waals surface area contributed by atoms with Crippen molar-refractivity contribution in [3.05, 3.63) is 57.0 Å². The van der Waals surface area contributed by atoms with Crippen molar-refractivity contribution in [1.29, 1.82) is 0 Å². The molecule has 2 aromatic rings. The Bertz CT molecular complexity index is 786. The van der Waals surface area contributed by atoms with Gasteiger partial charge in [0.1, 0.15) is 4.90 Å². The molecule has 0 atom stereocenters. The van der Waals surface area contributed by atoms with Crippen molar-refractivity contribution >= 4 is 51.2 Å². The summed E-state index contributed by atoms with van der Waals surface area (Å²) in [5.41, 5.74) is -0.0648. The molecule has 0 saturated carbocycles. The molecule has 0 bridgehead atoms. The summed E-state index contributed by atoms with van der Waals surface area (Å²) in [6.45, 7) is 0. The van der Waals surface area contributed by atoms with Gasteiger partial charge in [-0.05, 0) is 36.4 Å². The average Bonchev–Trinajstić information content (AvgIpc) is 2.42. The molecule has 0 amide bonds. The van der Waals surface area contributed by atoms with Gasteiger partial charge in [0, 0.05) is 10.0 Å². The Labute approximate surface area is 136 Å². The van der Waals surface area contributed by atoms with E-state index < -0.39 is 10.1 Å². The van der Waals surface area contributed by atoms with Gasteiger partial charge in [-0.25, -0.2) is 0 Å². The van der Waals surface area contributed by atoms with E-state index in [0.29, 0.717) is 11.3 Å². The molecule has 0 unspecified atom stereocenters. The Hall–Kier alpha value is -1.27. The topological polar surface area (TPSA) is 60.4 Å². The SMILES string of the molecule is O=Cc1cc(Cl)cc(Cl)c1OS(=O)(=O)c1ccc(Cl)cc1. The van der Waals surface area contributed by atoms with E-state index in [-0.39, 0.29) is 26.3 Å². The minimum absolute atomic E-state index is 0.0648. The third-order valence-electron chi connectivity index (χ3n) is 2.46. The molecule has 0 saturated heterocycles. The fraction of sp³-hybridized carbons (Fsp3) is 0. The Morgan fingerprint density at radius 1 is 0.952 bits per heavy atom. The zero-order valence-electron chi connectivity index (χ0n) is 10.2. The van der Waals surface area contributed by atoms with Gasteiger partial charge in [-0.3, -0.25) is 4.79 Å².